The van der Waals surface area contributed by atoms with Crippen LogP contribution in [0, 0.1) is 13.8 Å². The Morgan fingerprint density at radius 2 is 0.867 bits per heavy atom. The van der Waals surface area contributed by atoms with Crippen molar-refractivity contribution in [1.82, 2.24) is 0 Å². The van der Waals surface area contributed by atoms with Gasteiger partial charge in [-0.1, -0.05) is 84.4 Å². The lowest BCUT2D eigenvalue weighted by Gasteiger charge is -1.90. The Morgan fingerprint density at radius 1 is 0.733 bits per heavy atom. The van der Waals surface area contributed by atoms with Crippen LogP contribution < -0.4 is 0 Å². The summed E-state index contributed by atoms with van der Waals surface area (Å²) in [6, 6.07) is 8.48. The van der Waals surface area contributed by atoms with Crippen molar-refractivity contribution in [3.05, 3.63) is 35.4 Å². The Labute approximate surface area is 98.7 Å². The molecule has 0 heterocycles. The second kappa shape index (κ2) is 18.9. The Morgan fingerprint density at radius 3 is 1.00 bits per heavy atom. The predicted octanol–water partition coefficient (Wildman–Crippen LogP) is 6.02. The molecule has 0 atom stereocenters. The first kappa shape index (κ1) is 23.8. The molecule has 0 fully saturated rings. The van der Waals surface area contributed by atoms with Crippen LogP contribution >= 0.6 is 0 Å². The summed E-state index contributed by atoms with van der Waals surface area (Å²) in [4.78, 5) is 0. The topological polar surface area (TPSA) is 0 Å². The van der Waals surface area contributed by atoms with Crippen LogP contribution in [-0.2, 0) is 0 Å². The molecule has 0 saturated heterocycles. The molecular formula is C15H32. The first-order valence-corrected chi connectivity index (χ1v) is 5.24. The fourth-order valence-electron chi connectivity index (χ4n) is 0.637. The zero-order valence-corrected chi connectivity index (χ0v) is 10.0. The summed E-state index contributed by atoms with van der Waals surface area (Å²) < 4.78 is 0. The Bertz CT molecular complexity index is 151. The van der Waals surface area contributed by atoms with E-state index in [4.69, 9.17) is 0 Å². The van der Waals surface area contributed by atoms with E-state index in [9.17, 15) is 0 Å². The van der Waals surface area contributed by atoms with Crippen molar-refractivity contribution >= 4 is 0 Å². The van der Waals surface area contributed by atoms with E-state index < -0.39 is 0 Å². The van der Waals surface area contributed by atoms with E-state index in [0.29, 0.717) is 0 Å². The molecule has 1 aromatic carbocycles. The Balaban J connectivity index is -0.0000000763. The van der Waals surface area contributed by atoms with Gasteiger partial charge in [-0.2, -0.15) is 0 Å². The predicted molar refractivity (Wildman–Crippen MR) is 76.7 cm³/mol. The second-order valence-corrected chi connectivity index (χ2v) is 2.86. The molecule has 0 aromatic heterocycles. The summed E-state index contributed by atoms with van der Waals surface area (Å²) in [5.74, 6) is 0. The molecule has 92 valence electrons. The summed E-state index contributed by atoms with van der Waals surface area (Å²) in [5.41, 5.74) is 2.66. The molecule has 0 saturated carbocycles. The van der Waals surface area contributed by atoms with E-state index in [1.165, 1.54) is 17.5 Å². The smallest absolute Gasteiger partial charge is 0.0398 e. The molecule has 0 spiro atoms. The highest BCUT2D eigenvalue weighted by Crippen LogP contribution is 1.99. The van der Waals surface area contributed by atoms with Crippen LogP contribution in [0.2, 0.25) is 0 Å². The molecule has 0 amide bonds. The third-order valence-corrected chi connectivity index (χ3v) is 1.22. The molecule has 0 bridgehead atoms. The highest BCUT2D eigenvalue weighted by Gasteiger charge is 1.79. The van der Waals surface area contributed by atoms with Crippen molar-refractivity contribution in [3.63, 3.8) is 0 Å². The number of hydrogen-bond acceptors (Lipinski definition) is 0. The highest BCUT2D eigenvalue weighted by molar-refractivity contribution is 5.19. The zero-order chi connectivity index (χ0) is 10.7. The van der Waals surface area contributed by atoms with Crippen molar-refractivity contribution in [2.24, 2.45) is 0 Å². The largest absolute Gasteiger partial charge is 0.0776 e. The maximum Gasteiger partial charge on any atom is -0.0398 e. The number of rotatable bonds is 0. The van der Waals surface area contributed by atoms with Crippen LogP contribution in [0.15, 0.2) is 24.3 Å². The average molecular weight is 212 g/mol. The standard InChI is InChI=1S/C8H10.C3H8.C2H6.2CH4/c1-7-3-5-8(2)6-4-7;1-3-2;1-2;;/h3-6H,1-2H3;3H2,1-2H3;1-2H3;2*1H4. The Hall–Kier alpha value is -0.780. The van der Waals surface area contributed by atoms with Gasteiger partial charge < -0.3 is 0 Å². The lowest BCUT2D eigenvalue weighted by molar-refractivity contribution is 1.09. The summed E-state index contributed by atoms with van der Waals surface area (Å²) in [6.45, 7) is 12.4. The van der Waals surface area contributed by atoms with Crippen molar-refractivity contribution in [2.45, 2.75) is 62.8 Å². The molecule has 0 aliphatic carbocycles. The molecule has 0 heteroatoms. The first-order chi connectivity index (χ1) is 6.20. The van der Waals surface area contributed by atoms with Crippen LogP contribution in [0.25, 0.3) is 0 Å². The minimum atomic E-state index is 0. The quantitative estimate of drug-likeness (QED) is 0.493. The van der Waals surface area contributed by atoms with Crippen LogP contribution in [0.1, 0.15) is 60.1 Å². The van der Waals surface area contributed by atoms with Gasteiger partial charge in [0, 0.05) is 0 Å². The molecule has 0 aliphatic heterocycles. The van der Waals surface area contributed by atoms with E-state index >= 15 is 0 Å². The maximum absolute atomic E-state index is 2.12. The normalized spacial score (nSPS) is 6.53. The van der Waals surface area contributed by atoms with Gasteiger partial charge in [0.1, 0.15) is 0 Å². The lowest BCUT2D eigenvalue weighted by atomic mass is 10.2. The fraction of sp³-hybridized carbons (Fsp3) is 0.600. The van der Waals surface area contributed by atoms with E-state index in [0.717, 1.165) is 0 Å². The van der Waals surface area contributed by atoms with Gasteiger partial charge in [-0.15, -0.1) is 0 Å². The van der Waals surface area contributed by atoms with Gasteiger partial charge >= 0.3 is 0 Å². The summed E-state index contributed by atoms with van der Waals surface area (Å²) >= 11 is 0. The number of aryl methyl sites for hydroxylation is 2. The fourth-order valence-corrected chi connectivity index (χ4v) is 0.637. The van der Waals surface area contributed by atoms with Crippen molar-refractivity contribution in [3.8, 4) is 0 Å². The van der Waals surface area contributed by atoms with Crippen LogP contribution in [0.4, 0.5) is 0 Å². The molecule has 0 N–H and O–H groups in total. The monoisotopic (exact) mass is 212 g/mol. The van der Waals surface area contributed by atoms with Gasteiger partial charge in [0.2, 0.25) is 0 Å². The Kier molecular flexibility index (Phi) is 30.0. The lowest BCUT2D eigenvalue weighted by Crippen LogP contribution is -1.70. The van der Waals surface area contributed by atoms with Gasteiger partial charge in [-0.25, -0.2) is 0 Å². The van der Waals surface area contributed by atoms with Crippen molar-refractivity contribution in [2.75, 3.05) is 0 Å². The molecule has 0 aliphatic rings. The molecule has 0 nitrogen and oxygen atoms in total. The molecule has 15 heavy (non-hydrogen) atoms. The third-order valence-electron chi connectivity index (χ3n) is 1.22. The second-order valence-electron chi connectivity index (χ2n) is 2.86. The van der Waals surface area contributed by atoms with Crippen LogP contribution in [-0.4, -0.2) is 0 Å². The van der Waals surface area contributed by atoms with E-state index in [2.05, 4.69) is 52.0 Å². The average Bonchev–Trinajstić information content (AvgIpc) is 2.15. The van der Waals surface area contributed by atoms with Gasteiger partial charge in [-0.05, 0) is 13.8 Å². The maximum atomic E-state index is 2.12. The molecule has 0 unspecified atom stereocenters. The summed E-state index contributed by atoms with van der Waals surface area (Å²) in [7, 11) is 0. The van der Waals surface area contributed by atoms with Crippen LogP contribution in [0.5, 0.6) is 0 Å². The molecule has 1 rings (SSSR count). The molecular weight excluding hydrogens is 180 g/mol. The van der Waals surface area contributed by atoms with Crippen LogP contribution in [0.3, 0.4) is 0 Å². The van der Waals surface area contributed by atoms with Crippen molar-refractivity contribution < 1.29 is 0 Å². The highest BCUT2D eigenvalue weighted by atomic mass is 13.9. The van der Waals surface area contributed by atoms with E-state index in [1.54, 1.807) is 0 Å². The first-order valence-electron chi connectivity index (χ1n) is 5.24. The minimum absolute atomic E-state index is 0. The minimum Gasteiger partial charge on any atom is -0.0776 e. The van der Waals surface area contributed by atoms with E-state index in [1.807, 2.05) is 13.8 Å². The van der Waals surface area contributed by atoms with Gasteiger partial charge in [0.15, 0.2) is 0 Å². The zero-order valence-electron chi connectivity index (χ0n) is 10.0. The van der Waals surface area contributed by atoms with Gasteiger partial charge in [0.25, 0.3) is 0 Å². The SMILES string of the molecule is C.C.CC.CCC.Cc1ccc(C)cc1. The third kappa shape index (κ3) is 19.6. The molecule has 1 aromatic rings. The van der Waals surface area contributed by atoms with Crippen molar-refractivity contribution in [1.29, 1.82) is 0 Å². The summed E-state index contributed by atoms with van der Waals surface area (Å²) in [5, 5.41) is 0. The summed E-state index contributed by atoms with van der Waals surface area (Å²) in [6.07, 6.45) is 1.25. The van der Waals surface area contributed by atoms with Gasteiger partial charge in [-0.3, -0.25) is 0 Å². The molecule has 0 radical (unpaired) electrons. The number of hydrogen-bond donors (Lipinski definition) is 0. The number of benzene rings is 1. The van der Waals surface area contributed by atoms with E-state index in [-0.39, 0.29) is 14.9 Å². The van der Waals surface area contributed by atoms with Gasteiger partial charge in [0.05, 0.1) is 0 Å².